The number of amides is 1. The molecule has 0 spiro atoms. The summed E-state index contributed by atoms with van der Waals surface area (Å²) >= 11 is 0. The third kappa shape index (κ3) is 3.88. The van der Waals surface area contributed by atoms with Crippen LogP contribution in [0.2, 0.25) is 0 Å². The fraction of sp³-hybridized carbons (Fsp3) is 0.389. The molecule has 2 aromatic rings. The predicted molar refractivity (Wildman–Crippen MR) is 94.6 cm³/mol. The minimum absolute atomic E-state index is 0.0483. The summed E-state index contributed by atoms with van der Waals surface area (Å²) in [6.07, 6.45) is 1.48. The van der Waals surface area contributed by atoms with E-state index in [2.05, 4.69) is 5.32 Å². The number of rotatable bonds is 4. The van der Waals surface area contributed by atoms with E-state index < -0.39 is 11.2 Å². The fourth-order valence-electron chi connectivity index (χ4n) is 3.04. The summed E-state index contributed by atoms with van der Waals surface area (Å²) in [5, 5.41) is 3.21. The summed E-state index contributed by atoms with van der Waals surface area (Å²) in [4.78, 5) is 39.0. The number of carbonyl (C=O) groups excluding carboxylic acids is 1. The highest BCUT2D eigenvalue weighted by Crippen LogP contribution is 2.04. The minimum Gasteiger partial charge on any atom is -0.336 e. The molecular formula is C18H22N4O3. The van der Waals surface area contributed by atoms with Crippen molar-refractivity contribution in [2.24, 2.45) is 0 Å². The van der Waals surface area contributed by atoms with Crippen LogP contribution in [0.1, 0.15) is 12.5 Å². The molecule has 3 rings (SSSR count). The highest BCUT2D eigenvalue weighted by atomic mass is 16.2. The highest BCUT2D eigenvalue weighted by Gasteiger charge is 2.24. The number of hydrogen-bond acceptors (Lipinski definition) is 4. The largest absolute Gasteiger partial charge is 0.336 e. The molecule has 25 heavy (non-hydrogen) atoms. The number of hydrogen-bond donors (Lipinski definition) is 1. The van der Waals surface area contributed by atoms with Crippen molar-refractivity contribution >= 4 is 5.91 Å². The van der Waals surface area contributed by atoms with Gasteiger partial charge in [0.15, 0.2) is 0 Å². The van der Waals surface area contributed by atoms with Crippen LogP contribution in [0, 0.1) is 0 Å². The van der Waals surface area contributed by atoms with Gasteiger partial charge in [-0.15, -0.1) is 0 Å². The van der Waals surface area contributed by atoms with Crippen LogP contribution in [-0.4, -0.2) is 45.6 Å². The first kappa shape index (κ1) is 17.2. The molecule has 0 radical (unpaired) electrons. The minimum atomic E-state index is -0.465. The summed E-state index contributed by atoms with van der Waals surface area (Å²) in [5.74, 6) is -0.203. The first-order chi connectivity index (χ1) is 12.1. The lowest BCUT2D eigenvalue weighted by Crippen LogP contribution is -2.54. The van der Waals surface area contributed by atoms with Gasteiger partial charge in [0.25, 0.3) is 5.56 Å². The Morgan fingerprint density at radius 1 is 1.20 bits per heavy atom. The zero-order valence-corrected chi connectivity index (χ0v) is 14.2. The third-order valence-electron chi connectivity index (χ3n) is 4.45. The predicted octanol–water partition coefficient (Wildman–Crippen LogP) is -0.121. The number of nitrogens with zero attached hydrogens (tertiary/aromatic N) is 3. The number of aromatic nitrogens is 2. The van der Waals surface area contributed by atoms with Crippen molar-refractivity contribution in [1.29, 1.82) is 0 Å². The molecule has 132 valence electrons. The van der Waals surface area contributed by atoms with E-state index in [4.69, 9.17) is 0 Å². The molecule has 1 aliphatic rings. The lowest BCUT2D eigenvalue weighted by molar-refractivity contribution is -0.134. The molecule has 0 aliphatic carbocycles. The molecule has 1 fully saturated rings. The molecule has 0 saturated carbocycles. The van der Waals surface area contributed by atoms with E-state index in [-0.39, 0.29) is 18.5 Å². The summed E-state index contributed by atoms with van der Waals surface area (Å²) in [7, 11) is 0. The maximum atomic E-state index is 12.6. The van der Waals surface area contributed by atoms with E-state index in [0.29, 0.717) is 19.6 Å². The Labute approximate surface area is 145 Å². The molecule has 1 aromatic carbocycles. The number of piperazine rings is 1. The van der Waals surface area contributed by atoms with Crippen LogP contribution in [0.4, 0.5) is 0 Å². The Hall–Kier alpha value is -2.67. The molecule has 1 N–H and O–H groups in total. The van der Waals surface area contributed by atoms with Gasteiger partial charge in [-0.25, -0.2) is 4.79 Å². The average Bonchev–Trinajstić information content (AvgIpc) is 2.62. The van der Waals surface area contributed by atoms with Gasteiger partial charge in [-0.3, -0.25) is 18.7 Å². The number of benzene rings is 1. The van der Waals surface area contributed by atoms with Crippen LogP contribution in [0.25, 0.3) is 0 Å². The van der Waals surface area contributed by atoms with Crippen LogP contribution in [0.3, 0.4) is 0 Å². The molecule has 0 bridgehead atoms. The Kier molecular flexibility index (Phi) is 5.14. The van der Waals surface area contributed by atoms with Gasteiger partial charge in [0.05, 0.1) is 6.54 Å². The first-order valence-corrected chi connectivity index (χ1v) is 8.40. The second kappa shape index (κ2) is 7.48. The zero-order valence-electron chi connectivity index (χ0n) is 14.2. The molecule has 2 heterocycles. The summed E-state index contributed by atoms with van der Waals surface area (Å²) in [5.41, 5.74) is 0.0368. The van der Waals surface area contributed by atoms with E-state index in [1.807, 2.05) is 37.3 Å². The second-order valence-corrected chi connectivity index (χ2v) is 6.28. The van der Waals surface area contributed by atoms with Crippen molar-refractivity contribution in [2.45, 2.75) is 26.1 Å². The van der Waals surface area contributed by atoms with E-state index >= 15 is 0 Å². The number of carbonyl (C=O) groups is 1. The van der Waals surface area contributed by atoms with Gasteiger partial charge >= 0.3 is 5.69 Å². The molecular weight excluding hydrogens is 320 g/mol. The maximum absolute atomic E-state index is 12.6. The van der Waals surface area contributed by atoms with Gasteiger partial charge in [-0.05, 0) is 12.5 Å². The van der Waals surface area contributed by atoms with Crippen LogP contribution in [0.15, 0.2) is 52.2 Å². The molecule has 1 aliphatic heterocycles. The Morgan fingerprint density at radius 2 is 1.96 bits per heavy atom. The summed E-state index contributed by atoms with van der Waals surface area (Å²) in [6.45, 7) is 4.10. The Morgan fingerprint density at radius 3 is 2.68 bits per heavy atom. The van der Waals surface area contributed by atoms with E-state index in [0.717, 1.165) is 16.7 Å². The summed E-state index contributed by atoms with van der Waals surface area (Å²) in [6, 6.07) is 10.9. The third-order valence-corrected chi connectivity index (χ3v) is 4.45. The van der Waals surface area contributed by atoms with Gasteiger partial charge in [-0.2, -0.15) is 0 Å². The lowest BCUT2D eigenvalue weighted by atomic mass is 10.2. The van der Waals surface area contributed by atoms with Gasteiger partial charge in [-0.1, -0.05) is 30.3 Å². The van der Waals surface area contributed by atoms with Crippen LogP contribution in [0.5, 0.6) is 0 Å². The molecule has 7 heteroatoms. The Bertz CT molecular complexity index is 857. The molecule has 1 amide bonds. The quantitative estimate of drug-likeness (QED) is 0.840. The fourth-order valence-corrected chi connectivity index (χ4v) is 3.04. The topological polar surface area (TPSA) is 76.3 Å². The van der Waals surface area contributed by atoms with Gasteiger partial charge in [0, 0.05) is 37.9 Å². The van der Waals surface area contributed by atoms with E-state index in [9.17, 15) is 14.4 Å². The van der Waals surface area contributed by atoms with Crippen LogP contribution >= 0.6 is 0 Å². The SMILES string of the molecule is CC1CNCCN1C(=O)Cn1c(=O)ccn(Cc2ccccc2)c1=O. The molecule has 1 unspecified atom stereocenters. The van der Waals surface area contributed by atoms with Crippen LogP contribution < -0.4 is 16.6 Å². The highest BCUT2D eigenvalue weighted by molar-refractivity contribution is 5.76. The van der Waals surface area contributed by atoms with Crippen molar-refractivity contribution in [3.8, 4) is 0 Å². The van der Waals surface area contributed by atoms with Crippen molar-refractivity contribution in [3.05, 3.63) is 69.0 Å². The van der Waals surface area contributed by atoms with E-state index in [1.54, 1.807) is 4.90 Å². The van der Waals surface area contributed by atoms with Crippen LogP contribution in [-0.2, 0) is 17.9 Å². The van der Waals surface area contributed by atoms with E-state index in [1.165, 1.54) is 16.8 Å². The van der Waals surface area contributed by atoms with Crippen molar-refractivity contribution in [1.82, 2.24) is 19.4 Å². The average molecular weight is 342 g/mol. The molecule has 1 atom stereocenters. The van der Waals surface area contributed by atoms with Crippen molar-refractivity contribution in [2.75, 3.05) is 19.6 Å². The molecule has 7 nitrogen and oxygen atoms in total. The number of nitrogens with one attached hydrogen (secondary N) is 1. The normalized spacial score (nSPS) is 17.5. The Balaban J connectivity index is 1.83. The van der Waals surface area contributed by atoms with Gasteiger partial charge in [0.1, 0.15) is 6.54 Å². The second-order valence-electron chi connectivity index (χ2n) is 6.28. The monoisotopic (exact) mass is 342 g/mol. The summed E-state index contributed by atoms with van der Waals surface area (Å²) < 4.78 is 2.46. The molecule has 1 aromatic heterocycles. The van der Waals surface area contributed by atoms with Gasteiger partial charge < -0.3 is 10.2 Å². The van der Waals surface area contributed by atoms with Crippen molar-refractivity contribution < 1.29 is 4.79 Å². The molecule has 1 saturated heterocycles. The smallest absolute Gasteiger partial charge is 0.331 e. The first-order valence-electron chi connectivity index (χ1n) is 8.40. The maximum Gasteiger partial charge on any atom is 0.331 e. The standard InChI is InChI=1S/C18H22N4O3/c1-14-11-19-8-10-21(14)17(24)13-22-16(23)7-9-20(18(22)25)12-15-5-3-2-4-6-15/h2-7,9,14,19H,8,10-13H2,1H3. The van der Waals surface area contributed by atoms with Gasteiger partial charge in [0.2, 0.25) is 5.91 Å². The zero-order chi connectivity index (χ0) is 17.8. The van der Waals surface area contributed by atoms with Crippen molar-refractivity contribution in [3.63, 3.8) is 0 Å². The lowest BCUT2D eigenvalue weighted by Gasteiger charge is -2.34.